The molecule has 24 heavy (non-hydrogen) atoms. The van der Waals surface area contributed by atoms with E-state index in [9.17, 15) is 9.59 Å². The third-order valence-corrected chi connectivity index (χ3v) is 3.52. The molecular weight excluding hydrogens is 304 g/mol. The number of pyridine rings is 1. The number of rotatable bonds is 7. The van der Waals surface area contributed by atoms with Gasteiger partial charge < -0.3 is 15.5 Å². The van der Waals surface area contributed by atoms with Crippen LogP contribution < -0.4 is 10.6 Å². The molecule has 0 unspecified atom stereocenters. The number of nitrogens with one attached hydrogen (secondary N) is 2. The van der Waals surface area contributed by atoms with Crippen LogP contribution in [0.4, 0.5) is 4.79 Å². The molecule has 0 saturated carbocycles. The van der Waals surface area contributed by atoms with Gasteiger partial charge in [-0.15, -0.1) is 0 Å². The van der Waals surface area contributed by atoms with E-state index in [2.05, 4.69) is 15.6 Å². The molecular formula is C18H22N4O2. The molecule has 6 nitrogen and oxygen atoms in total. The molecule has 0 bridgehead atoms. The molecule has 2 N–H and O–H groups in total. The van der Waals surface area contributed by atoms with E-state index in [0.717, 1.165) is 11.1 Å². The Balaban J connectivity index is 1.63. The van der Waals surface area contributed by atoms with E-state index in [4.69, 9.17) is 0 Å². The molecule has 6 heteroatoms. The second-order valence-corrected chi connectivity index (χ2v) is 5.45. The first kappa shape index (κ1) is 17.5. The molecule has 0 saturated heterocycles. The van der Waals surface area contributed by atoms with Crippen molar-refractivity contribution in [2.75, 3.05) is 13.6 Å². The van der Waals surface area contributed by atoms with E-state index >= 15 is 0 Å². The summed E-state index contributed by atoms with van der Waals surface area (Å²) in [6, 6.07) is 13.2. The van der Waals surface area contributed by atoms with Gasteiger partial charge in [-0.1, -0.05) is 30.3 Å². The van der Waals surface area contributed by atoms with Gasteiger partial charge in [-0.3, -0.25) is 9.78 Å². The van der Waals surface area contributed by atoms with Gasteiger partial charge in [0.05, 0.1) is 0 Å². The third-order valence-electron chi connectivity index (χ3n) is 3.52. The van der Waals surface area contributed by atoms with Crippen LogP contribution in [0.3, 0.4) is 0 Å². The minimum Gasteiger partial charge on any atom is -0.341 e. The van der Waals surface area contributed by atoms with E-state index in [0.29, 0.717) is 19.6 Å². The van der Waals surface area contributed by atoms with E-state index in [1.54, 1.807) is 24.3 Å². The summed E-state index contributed by atoms with van der Waals surface area (Å²) in [6.45, 7) is 1.30. The van der Waals surface area contributed by atoms with Crippen molar-refractivity contribution < 1.29 is 9.59 Å². The highest BCUT2D eigenvalue weighted by Crippen LogP contribution is 2.03. The zero-order valence-corrected chi connectivity index (χ0v) is 13.7. The van der Waals surface area contributed by atoms with Crippen molar-refractivity contribution in [2.45, 2.75) is 19.5 Å². The minimum atomic E-state index is -0.287. The lowest BCUT2D eigenvalue weighted by atomic mass is 10.2. The lowest BCUT2D eigenvalue weighted by Gasteiger charge is -2.17. The van der Waals surface area contributed by atoms with Crippen molar-refractivity contribution >= 4 is 11.9 Å². The molecule has 2 aromatic rings. The van der Waals surface area contributed by atoms with Crippen LogP contribution in [0.15, 0.2) is 54.9 Å². The summed E-state index contributed by atoms with van der Waals surface area (Å²) < 4.78 is 0. The predicted molar refractivity (Wildman–Crippen MR) is 92.0 cm³/mol. The SMILES string of the molecule is CN(Cc1ccccc1)C(=O)CCNC(=O)NCc1ccncc1. The maximum absolute atomic E-state index is 12.1. The molecule has 0 aliphatic carbocycles. The average Bonchev–Trinajstić information content (AvgIpc) is 2.61. The van der Waals surface area contributed by atoms with Gasteiger partial charge in [0.25, 0.3) is 0 Å². The number of carbonyl (C=O) groups is 2. The van der Waals surface area contributed by atoms with Crippen LogP contribution in [-0.2, 0) is 17.9 Å². The van der Waals surface area contributed by atoms with Crippen LogP contribution >= 0.6 is 0 Å². The van der Waals surface area contributed by atoms with Gasteiger partial charge in [0.2, 0.25) is 5.91 Å². The van der Waals surface area contributed by atoms with E-state index in [1.165, 1.54) is 0 Å². The van der Waals surface area contributed by atoms with Crippen LogP contribution in [0.2, 0.25) is 0 Å². The number of hydrogen-bond donors (Lipinski definition) is 2. The summed E-state index contributed by atoms with van der Waals surface area (Å²) in [4.78, 5) is 29.3. The fraction of sp³-hybridized carbons (Fsp3) is 0.278. The third kappa shape index (κ3) is 6.08. The molecule has 1 aromatic carbocycles. The molecule has 0 radical (unpaired) electrons. The van der Waals surface area contributed by atoms with E-state index in [-0.39, 0.29) is 18.4 Å². The summed E-state index contributed by atoms with van der Waals surface area (Å²) in [5, 5.41) is 5.43. The first-order chi connectivity index (χ1) is 11.6. The Hall–Kier alpha value is -2.89. The van der Waals surface area contributed by atoms with Crippen LogP contribution in [-0.4, -0.2) is 35.4 Å². The largest absolute Gasteiger partial charge is 0.341 e. The lowest BCUT2D eigenvalue weighted by Crippen LogP contribution is -2.37. The zero-order chi connectivity index (χ0) is 17.2. The van der Waals surface area contributed by atoms with Gasteiger partial charge >= 0.3 is 6.03 Å². The topological polar surface area (TPSA) is 74.3 Å². The minimum absolute atomic E-state index is 0.00622. The molecule has 2 rings (SSSR count). The first-order valence-electron chi connectivity index (χ1n) is 7.83. The van der Waals surface area contributed by atoms with E-state index < -0.39 is 0 Å². The summed E-state index contributed by atoms with van der Waals surface area (Å²) in [5.74, 6) is -0.00622. The van der Waals surface area contributed by atoms with Crippen LogP contribution in [0.25, 0.3) is 0 Å². The fourth-order valence-electron chi connectivity index (χ4n) is 2.16. The molecule has 0 spiro atoms. The summed E-state index contributed by atoms with van der Waals surface area (Å²) in [7, 11) is 1.76. The molecule has 0 atom stereocenters. The number of carbonyl (C=O) groups excluding carboxylic acids is 2. The number of nitrogens with zero attached hydrogens (tertiary/aromatic N) is 2. The molecule has 0 fully saturated rings. The van der Waals surface area contributed by atoms with Gasteiger partial charge in [0, 0.05) is 45.5 Å². The molecule has 1 heterocycles. The monoisotopic (exact) mass is 326 g/mol. The second kappa shape index (κ2) is 9.29. The number of urea groups is 1. The average molecular weight is 326 g/mol. The number of amides is 3. The van der Waals surface area contributed by atoms with Crippen LogP contribution in [0.5, 0.6) is 0 Å². The van der Waals surface area contributed by atoms with Crippen molar-refractivity contribution in [2.24, 2.45) is 0 Å². The van der Waals surface area contributed by atoms with Gasteiger partial charge in [-0.2, -0.15) is 0 Å². The number of aromatic nitrogens is 1. The molecule has 1 aromatic heterocycles. The zero-order valence-electron chi connectivity index (χ0n) is 13.7. The number of hydrogen-bond acceptors (Lipinski definition) is 3. The normalized spacial score (nSPS) is 10.0. The Morgan fingerprint density at radius 3 is 2.42 bits per heavy atom. The second-order valence-electron chi connectivity index (χ2n) is 5.45. The maximum atomic E-state index is 12.1. The smallest absolute Gasteiger partial charge is 0.315 e. The van der Waals surface area contributed by atoms with Crippen molar-refractivity contribution in [3.63, 3.8) is 0 Å². The van der Waals surface area contributed by atoms with E-state index in [1.807, 2.05) is 42.5 Å². The van der Waals surface area contributed by atoms with Crippen molar-refractivity contribution in [1.82, 2.24) is 20.5 Å². The molecule has 3 amide bonds. The molecule has 0 aliphatic rings. The number of benzene rings is 1. The van der Waals surface area contributed by atoms with Gasteiger partial charge in [-0.25, -0.2) is 4.79 Å². The predicted octanol–water partition coefficient (Wildman–Crippen LogP) is 1.93. The van der Waals surface area contributed by atoms with Crippen molar-refractivity contribution in [3.05, 3.63) is 66.0 Å². The van der Waals surface area contributed by atoms with Gasteiger partial charge in [-0.05, 0) is 23.3 Å². The van der Waals surface area contributed by atoms with Crippen molar-refractivity contribution in [1.29, 1.82) is 0 Å². The highest BCUT2D eigenvalue weighted by atomic mass is 16.2. The maximum Gasteiger partial charge on any atom is 0.315 e. The Labute approximate surface area is 141 Å². The molecule has 126 valence electrons. The van der Waals surface area contributed by atoms with Crippen LogP contribution in [0, 0.1) is 0 Å². The van der Waals surface area contributed by atoms with Crippen molar-refractivity contribution in [3.8, 4) is 0 Å². The summed E-state index contributed by atoms with van der Waals surface area (Å²) >= 11 is 0. The Kier molecular flexibility index (Phi) is 6.76. The Morgan fingerprint density at radius 1 is 1.00 bits per heavy atom. The Bertz CT molecular complexity index is 647. The summed E-state index contributed by atoms with van der Waals surface area (Å²) in [6.07, 6.45) is 3.62. The Morgan fingerprint density at radius 2 is 1.71 bits per heavy atom. The first-order valence-corrected chi connectivity index (χ1v) is 7.83. The van der Waals surface area contributed by atoms with Gasteiger partial charge in [0.15, 0.2) is 0 Å². The highest BCUT2D eigenvalue weighted by molar-refractivity contribution is 5.78. The quantitative estimate of drug-likeness (QED) is 0.816. The fourth-order valence-corrected chi connectivity index (χ4v) is 2.16. The van der Waals surface area contributed by atoms with Crippen LogP contribution in [0.1, 0.15) is 17.5 Å². The van der Waals surface area contributed by atoms with Gasteiger partial charge in [0.1, 0.15) is 0 Å². The molecule has 0 aliphatic heterocycles. The standard InChI is InChI=1S/C18H22N4O2/c1-22(14-16-5-3-2-4-6-16)17(23)9-12-20-18(24)21-13-15-7-10-19-11-8-15/h2-8,10-11H,9,12-14H2,1H3,(H2,20,21,24). The summed E-state index contributed by atoms with van der Waals surface area (Å²) in [5.41, 5.74) is 2.05. The lowest BCUT2D eigenvalue weighted by molar-refractivity contribution is -0.130. The highest BCUT2D eigenvalue weighted by Gasteiger charge is 2.09.